The van der Waals surface area contributed by atoms with Crippen molar-refractivity contribution >= 4 is 21.8 Å². The zero-order valence-corrected chi connectivity index (χ0v) is 15.5. The Balaban J connectivity index is 1.67. The fraction of sp³-hybridized carbons (Fsp3) is 0. The summed E-state index contributed by atoms with van der Waals surface area (Å²) in [6.45, 7) is 0. The van der Waals surface area contributed by atoms with Crippen molar-refractivity contribution in [3.63, 3.8) is 0 Å². The topological polar surface area (TPSA) is 52.5 Å². The van der Waals surface area contributed by atoms with E-state index in [2.05, 4.69) is 77.4 Å². The summed E-state index contributed by atoms with van der Waals surface area (Å²) in [6, 6.07) is 34.6. The third kappa shape index (κ3) is 2.74. The van der Waals surface area contributed by atoms with E-state index in [1.165, 1.54) is 21.8 Å². The molecule has 0 fully saturated rings. The Hall–Kier alpha value is -4.34. The highest BCUT2D eigenvalue weighted by Crippen LogP contribution is 2.32. The molecule has 0 atom stereocenters. The molecule has 0 aliphatic rings. The van der Waals surface area contributed by atoms with Crippen molar-refractivity contribution in [2.24, 2.45) is 0 Å². The van der Waals surface area contributed by atoms with Gasteiger partial charge in [0.15, 0.2) is 0 Å². The highest BCUT2D eigenvalue weighted by atomic mass is 15.0. The molecular weight excluding hydrogens is 354 g/mol. The van der Waals surface area contributed by atoms with Crippen molar-refractivity contribution in [3.05, 3.63) is 102 Å². The predicted molar refractivity (Wildman–Crippen MR) is 116 cm³/mol. The molecule has 5 rings (SSSR count). The lowest BCUT2D eigenvalue weighted by Gasteiger charge is -2.10. The lowest BCUT2D eigenvalue weighted by atomic mass is 10.0. The summed E-state index contributed by atoms with van der Waals surface area (Å²) in [7, 11) is 0. The summed E-state index contributed by atoms with van der Waals surface area (Å²) in [5.74, 6) is 0. The Morgan fingerprint density at radius 2 is 1.07 bits per heavy atom. The van der Waals surface area contributed by atoms with Gasteiger partial charge in [-0.05, 0) is 53.6 Å². The molecule has 1 aromatic heterocycles. The minimum absolute atomic E-state index is 0.491. The van der Waals surface area contributed by atoms with E-state index in [1.807, 2.05) is 24.3 Å². The van der Waals surface area contributed by atoms with E-state index in [1.54, 1.807) is 6.07 Å². The van der Waals surface area contributed by atoms with Crippen LogP contribution in [0, 0.1) is 22.7 Å². The summed E-state index contributed by atoms with van der Waals surface area (Å²) in [6.07, 6.45) is 0. The van der Waals surface area contributed by atoms with Gasteiger partial charge >= 0.3 is 0 Å². The van der Waals surface area contributed by atoms with Crippen LogP contribution in [0.15, 0.2) is 91.0 Å². The third-order valence-electron chi connectivity index (χ3n) is 5.23. The number of nitriles is 2. The maximum absolute atomic E-state index is 9.24. The van der Waals surface area contributed by atoms with Crippen LogP contribution in [-0.2, 0) is 0 Å². The Bertz CT molecular complexity index is 1370. The fourth-order valence-corrected chi connectivity index (χ4v) is 3.93. The molecule has 0 aliphatic carbocycles. The van der Waals surface area contributed by atoms with Crippen LogP contribution in [0.5, 0.6) is 0 Å². The van der Waals surface area contributed by atoms with Crippen molar-refractivity contribution in [2.75, 3.05) is 0 Å². The second kappa shape index (κ2) is 6.68. The number of fused-ring (bicyclic) bond motifs is 3. The fourth-order valence-electron chi connectivity index (χ4n) is 3.93. The molecule has 0 spiro atoms. The smallest absolute Gasteiger partial charge is 0.0992 e. The van der Waals surface area contributed by atoms with Crippen molar-refractivity contribution < 1.29 is 0 Å². The van der Waals surface area contributed by atoms with Crippen LogP contribution in [0.25, 0.3) is 38.6 Å². The normalized spacial score (nSPS) is 10.7. The molecule has 0 saturated heterocycles. The molecule has 29 heavy (non-hydrogen) atoms. The second-order valence-corrected chi connectivity index (χ2v) is 6.94. The first kappa shape index (κ1) is 16.8. The van der Waals surface area contributed by atoms with Crippen molar-refractivity contribution in [2.45, 2.75) is 0 Å². The Morgan fingerprint density at radius 1 is 0.552 bits per heavy atom. The average Bonchev–Trinajstić information content (AvgIpc) is 3.13. The first-order valence-corrected chi connectivity index (χ1v) is 9.33. The number of nitrogens with zero attached hydrogens (tertiary/aromatic N) is 3. The molecule has 0 bridgehead atoms. The zero-order valence-electron chi connectivity index (χ0n) is 15.5. The summed E-state index contributed by atoms with van der Waals surface area (Å²) in [5, 5.41) is 20.9. The number of benzene rings is 4. The zero-order chi connectivity index (χ0) is 19.8. The van der Waals surface area contributed by atoms with E-state index >= 15 is 0 Å². The van der Waals surface area contributed by atoms with Gasteiger partial charge in [0.1, 0.15) is 0 Å². The predicted octanol–water partition coefficient (Wildman–Crippen LogP) is 6.19. The molecule has 3 nitrogen and oxygen atoms in total. The van der Waals surface area contributed by atoms with Gasteiger partial charge < -0.3 is 4.57 Å². The quantitative estimate of drug-likeness (QED) is 0.372. The highest BCUT2D eigenvalue weighted by molar-refractivity contribution is 6.09. The Kier molecular flexibility index (Phi) is 3.87. The van der Waals surface area contributed by atoms with Gasteiger partial charge in [-0.15, -0.1) is 0 Å². The summed E-state index contributed by atoms with van der Waals surface area (Å²) in [5.41, 5.74) is 6.23. The number of hydrogen-bond acceptors (Lipinski definition) is 2. The van der Waals surface area contributed by atoms with Gasteiger partial charge in [0.05, 0.1) is 34.3 Å². The van der Waals surface area contributed by atoms with Gasteiger partial charge in [0.2, 0.25) is 0 Å². The minimum Gasteiger partial charge on any atom is -0.309 e. The SMILES string of the molecule is N#Cc1cc(C#N)cc(-c2ccc(-n3c4ccccc4c4ccccc43)cc2)c1. The monoisotopic (exact) mass is 369 g/mol. The molecule has 1 heterocycles. The van der Waals surface area contributed by atoms with Gasteiger partial charge in [0.25, 0.3) is 0 Å². The summed E-state index contributed by atoms with van der Waals surface area (Å²) < 4.78 is 2.26. The molecule has 0 saturated carbocycles. The summed E-state index contributed by atoms with van der Waals surface area (Å²) >= 11 is 0. The van der Waals surface area contributed by atoms with Gasteiger partial charge in [-0.1, -0.05) is 48.5 Å². The molecule has 0 N–H and O–H groups in total. The standard InChI is InChI=1S/C26H15N3/c27-16-18-13-19(17-28)15-21(14-18)20-9-11-22(12-10-20)29-25-7-3-1-5-23(25)24-6-2-4-8-26(24)29/h1-15H. The van der Waals surface area contributed by atoms with E-state index in [0.29, 0.717) is 11.1 Å². The lowest BCUT2D eigenvalue weighted by Crippen LogP contribution is -1.93. The van der Waals surface area contributed by atoms with E-state index in [9.17, 15) is 10.5 Å². The Morgan fingerprint density at radius 3 is 1.59 bits per heavy atom. The Labute approximate surface area is 168 Å². The largest absolute Gasteiger partial charge is 0.309 e. The minimum atomic E-state index is 0.491. The number of aromatic nitrogens is 1. The first-order valence-electron chi connectivity index (χ1n) is 9.33. The van der Waals surface area contributed by atoms with Crippen LogP contribution in [0.3, 0.4) is 0 Å². The van der Waals surface area contributed by atoms with E-state index < -0.39 is 0 Å². The van der Waals surface area contributed by atoms with Gasteiger partial charge in [-0.2, -0.15) is 10.5 Å². The number of hydrogen-bond donors (Lipinski definition) is 0. The van der Waals surface area contributed by atoms with Crippen LogP contribution in [0.2, 0.25) is 0 Å². The van der Waals surface area contributed by atoms with Crippen molar-refractivity contribution in [1.82, 2.24) is 4.57 Å². The third-order valence-corrected chi connectivity index (χ3v) is 5.23. The number of para-hydroxylation sites is 2. The maximum Gasteiger partial charge on any atom is 0.0992 e. The molecule has 5 aromatic rings. The van der Waals surface area contributed by atoms with Crippen LogP contribution in [-0.4, -0.2) is 4.57 Å². The first-order chi connectivity index (χ1) is 14.3. The lowest BCUT2D eigenvalue weighted by molar-refractivity contribution is 1.18. The van der Waals surface area contributed by atoms with E-state index in [4.69, 9.17) is 0 Å². The molecule has 4 aromatic carbocycles. The maximum atomic E-state index is 9.24. The van der Waals surface area contributed by atoms with Crippen molar-refractivity contribution in [1.29, 1.82) is 10.5 Å². The van der Waals surface area contributed by atoms with Crippen molar-refractivity contribution in [3.8, 4) is 29.0 Å². The van der Waals surface area contributed by atoms with E-state index in [-0.39, 0.29) is 0 Å². The second-order valence-electron chi connectivity index (χ2n) is 6.94. The highest BCUT2D eigenvalue weighted by Gasteiger charge is 2.11. The molecule has 3 heteroatoms. The van der Waals surface area contributed by atoms with Crippen LogP contribution >= 0.6 is 0 Å². The van der Waals surface area contributed by atoms with Gasteiger partial charge in [-0.25, -0.2) is 0 Å². The van der Waals surface area contributed by atoms with Gasteiger partial charge in [0, 0.05) is 16.5 Å². The van der Waals surface area contributed by atoms with Crippen LogP contribution < -0.4 is 0 Å². The van der Waals surface area contributed by atoms with Crippen LogP contribution in [0.1, 0.15) is 11.1 Å². The molecule has 0 amide bonds. The van der Waals surface area contributed by atoms with E-state index in [0.717, 1.165) is 16.8 Å². The molecule has 134 valence electrons. The van der Waals surface area contributed by atoms with Gasteiger partial charge in [-0.3, -0.25) is 0 Å². The summed E-state index contributed by atoms with van der Waals surface area (Å²) in [4.78, 5) is 0. The molecule has 0 radical (unpaired) electrons. The molecule has 0 aliphatic heterocycles. The van der Waals surface area contributed by atoms with Crippen LogP contribution in [0.4, 0.5) is 0 Å². The molecular formula is C26H15N3. The molecule has 0 unspecified atom stereocenters. The number of rotatable bonds is 2. The average molecular weight is 369 g/mol.